The molecule has 92 valence electrons. The molecule has 1 aromatic rings. The average Bonchev–Trinajstić information content (AvgIpc) is 2.86. The third-order valence-electron chi connectivity index (χ3n) is 2.94. The molecular formula is C11H12BrNO3S. The first-order chi connectivity index (χ1) is 8.08. The Hall–Kier alpha value is -0.880. The second kappa shape index (κ2) is 5.18. The summed E-state index contributed by atoms with van der Waals surface area (Å²) >= 11 is 4.68. The van der Waals surface area contributed by atoms with Crippen molar-refractivity contribution in [1.82, 2.24) is 5.32 Å². The van der Waals surface area contributed by atoms with Crippen molar-refractivity contribution in [3.8, 4) is 0 Å². The van der Waals surface area contributed by atoms with E-state index < -0.39 is 5.97 Å². The number of carbonyl (C=O) groups is 2. The fourth-order valence-corrected chi connectivity index (χ4v) is 3.50. The van der Waals surface area contributed by atoms with E-state index in [0.29, 0.717) is 17.7 Å². The van der Waals surface area contributed by atoms with Gasteiger partial charge in [-0.3, -0.25) is 9.59 Å². The van der Waals surface area contributed by atoms with Gasteiger partial charge >= 0.3 is 5.97 Å². The largest absolute Gasteiger partial charge is 0.481 e. The molecule has 4 nitrogen and oxygen atoms in total. The van der Waals surface area contributed by atoms with E-state index in [1.54, 1.807) is 0 Å². The quantitative estimate of drug-likeness (QED) is 0.900. The number of carbonyl (C=O) groups excluding carboxylic acids is 1. The molecule has 0 aliphatic heterocycles. The van der Waals surface area contributed by atoms with Gasteiger partial charge in [0.2, 0.25) is 0 Å². The van der Waals surface area contributed by atoms with Crippen LogP contribution >= 0.6 is 27.3 Å². The minimum absolute atomic E-state index is 0.0161. The van der Waals surface area contributed by atoms with Gasteiger partial charge < -0.3 is 10.4 Å². The van der Waals surface area contributed by atoms with Gasteiger partial charge in [0.25, 0.3) is 5.91 Å². The normalized spacial score (nSPS) is 23.6. The highest BCUT2D eigenvalue weighted by Crippen LogP contribution is 2.27. The SMILES string of the molecule is O=C(N[C@@H]1CC[C@H](C(=O)O)C1)c1sccc1Br. The van der Waals surface area contributed by atoms with Crippen LogP contribution in [0, 0.1) is 5.92 Å². The molecule has 0 bridgehead atoms. The summed E-state index contributed by atoms with van der Waals surface area (Å²) in [4.78, 5) is 23.3. The monoisotopic (exact) mass is 317 g/mol. The summed E-state index contributed by atoms with van der Waals surface area (Å²) in [5, 5.41) is 13.6. The first-order valence-electron chi connectivity index (χ1n) is 5.34. The first-order valence-corrected chi connectivity index (χ1v) is 7.02. The van der Waals surface area contributed by atoms with Crippen molar-refractivity contribution in [2.75, 3.05) is 0 Å². The van der Waals surface area contributed by atoms with Crippen LogP contribution < -0.4 is 5.32 Å². The van der Waals surface area contributed by atoms with Crippen LogP contribution in [0.2, 0.25) is 0 Å². The molecule has 17 heavy (non-hydrogen) atoms. The molecule has 1 fully saturated rings. The number of carboxylic acids is 1. The highest BCUT2D eigenvalue weighted by Gasteiger charge is 2.31. The number of nitrogens with one attached hydrogen (secondary N) is 1. The van der Waals surface area contributed by atoms with Crippen molar-refractivity contribution in [1.29, 1.82) is 0 Å². The number of rotatable bonds is 3. The summed E-state index contributed by atoms with van der Waals surface area (Å²) in [5.74, 6) is -1.20. The Labute approximate surface area is 111 Å². The second-order valence-corrected chi connectivity index (χ2v) is 5.89. The van der Waals surface area contributed by atoms with Crippen LogP contribution in [0.3, 0.4) is 0 Å². The van der Waals surface area contributed by atoms with Crippen LogP contribution in [0.1, 0.15) is 28.9 Å². The van der Waals surface area contributed by atoms with Gasteiger partial charge in [-0.1, -0.05) is 0 Å². The number of amides is 1. The Kier molecular flexibility index (Phi) is 3.83. The van der Waals surface area contributed by atoms with E-state index in [4.69, 9.17) is 5.11 Å². The minimum Gasteiger partial charge on any atom is -0.481 e. The van der Waals surface area contributed by atoms with Crippen LogP contribution in [0.25, 0.3) is 0 Å². The molecule has 1 heterocycles. The molecule has 1 amide bonds. The van der Waals surface area contributed by atoms with Crippen molar-refractivity contribution >= 4 is 39.1 Å². The molecular weight excluding hydrogens is 306 g/mol. The fraction of sp³-hybridized carbons (Fsp3) is 0.455. The number of hydrogen-bond donors (Lipinski definition) is 2. The molecule has 6 heteroatoms. The van der Waals surface area contributed by atoms with E-state index in [-0.39, 0.29) is 17.9 Å². The van der Waals surface area contributed by atoms with E-state index in [1.807, 2.05) is 11.4 Å². The maximum atomic E-state index is 11.9. The molecule has 1 saturated carbocycles. The number of aliphatic carboxylic acids is 1. The lowest BCUT2D eigenvalue weighted by Gasteiger charge is -2.11. The van der Waals surface area contributed by atoms with E-state index >= 15 is 0 Å². The number of carboxylic acid groups (broad SMARTS) is 1. The molecule has 1 aliphatic carbocycles. The highest BCUT2D eigenvalue weighted by atomic mass is 79.9. The van der Waals surface area contributed by atoms with E-state index in [1.165, 1.54) is 11.3 Å². The number of halogens is 1. The lowest BCUT2D eigenvalue weighted by atomic mass is 10.1. The molecule has 2 rings (SSSR count). The van der Waals surface area contributed by atoms with Gasteiger partial charge in [-0.15, -0.1) is 11.3 Å². The first kappa shape index (κ1) is 12.6. The number of hydrogen-bond acceptors (Lipinski definition) is 3. The summed E-state index contributed by atoms with van der Waals surface area (Å²) < 4.78 is 0.785. The predicted molar refractivity (Wildman–Crippen MR) is 68.3 cm³/mol. The fourth-order valence-electron chi connectivity index (χ4n) is 2.04. The molecule has 1 aliphatic rings. The van der Waals surface area contributed by atoms with Gasteiger partial charge in [0.05, 0.1) is 5.92 Å². The molecule has 0 aromatic carbocycles. The van der Waals surface area contributed by atoms with E-state index in [0.717, 1.165) is 10.9 Å². The van der Waals surface area contributed by atoms with Crippen molar-refractivity contribution in [3.63, 3.8) is 0 Å². The summed E-state index contributed by atoms with van der Waals surface area (Å²) in [6.07, 6.45) is 1.92. The summed E-state index contributed by atoms with van der Waals surface area (Å²) in [6.45, 7) is 0. The van der Waals surface area contributed by atoms with Crippen LogP contribution in [0.15, 0.2) is 15.9 Å². The molecule has 1 aromatic heterocycles. The average molecular weight is 318 g/mol. The third kappa shape index (κ3) is 2.87. The Morgan fingerprint density at radius 3 is 2.76 bits per heavy atom. The van der Waals surface area contributed by atoms with Gasteiger partial charge in [0.15, 0.2) is 0 Å². The molecule has 0 radical (unpaired) electrons. The maximum absolute atomic E-state index is 11.9. The lowest BCUT2D eigenvalue weighted by Crippen LogP contribution is -2.33. The Balaban J connectivity index is 1.93. The minimum atomic E-state index is -0.765. The molecule has 2 atom stereocenters. The highest BCUT2D eigenvalue weighted by molar-refractivity contribution is 9.10. The topological polar surface area (TPSA) is 66.4 Å². The van der Waals surface area contributed by atoms with Gasteiger partial charge in [0, 0.05) is 10.5 Å². The van der Waals surface area contributed by atoms with E-state index in [9.17, 15) is 9.59 Å². The molecule has 0 spiro atoms. The van der Waals surface area contributed by atoms with Crippen LogP contribution in [-0.2, 0) is 4.79 Å². The Bertz CT molecular complexity index is 446. The summed E-state index contributed by atoms with van der Waals surface area (Å²) in [7, 11) is 0. The third-order valence-corrected chi connectivity index (χ3v) is 4.78. The summed E-state index contributed by atoms with van der Waals surface area (Å²) in [5.41, 5.74) is 0. The lowest BCUT2D eigenvalue weighted by molar-refractivity contribution is -0.141. The maximum Gasteiger partial charge on any atom is 0.306 e. The van der Waals surface area contributed by atoms with Crippen molar-refractivity contribution in [2.24, 2.45) is 5.92 Å². The van der Waals surface area contributed by atoms with Crippen LogP contribution in [-0.4, -0.2) is 23.0 Å². The zero-order valence-electron chi connectivity index (χ0n) is 8.98. The smallest absolute Gasteiger partial charge is 0.306 e. The zero-order chi connectivity index (χ0) is 12.4. The van der Waals surface area contributed by atoms with Gasteiger partial charge in [-0.25, -0.2) is 0 Å². The van der Waals surface area contributed by atoms with Crippen molar-refractivity contribution < 1.29 is 14.7 Å². The Morgan fingerprint density at radius 1 is 1.47 bits per heavy atom. The van der Waals surface area contributed by atoms with Gasteiger partial charge in [-0.05, 0) is 46.6 Å². The molecule has 0 saturated heterocycles. The van der Waals surface area contributed by atoms with E-state index in [2.05, 4.69) is 21.2 Å². The van der Waals surface area contributed by atoms with Gasteiger partial charge in [-0.2, -0.15) is 0 Å². The zero-order valence-corrected chi connectivity index (χ0v) is 11.4. The Morgan fingerprint density at radius 2 is 2.24 bits per heavy atom. The summed E-state index contributed by atoms with van der Waals surface area (Å²) in [6, 6.07) is 1.81. The molecule has 2 N–H and O–H groups in total. The second-order valence-electron chi connectivity index (χ2n) is 4.12. The van der Waals surface area contributed by atoms with Gasteiger partial charge in [0.1, 0.15) is 4.88 Å². The number of thiophene rings is 1. The molecule has 0 unspecified atom stereocenters. The van der Waals surface area contributed by atoms with Crippen LogP contribution in [0.5, 0.6) is 0 Å². The van der Waals surface area contributed by atoms with Crippen molar-refractivity contribution in [2.45, 2.75) is 25.3 Å². The van der Waals surface area contributed by atoms with Crippen molar-refractivity contribution in [3.05, 3.63) is 20.8 Å². The standard InChI is InChI=1S/C11H12BrNO3S/c12-8-3-4-17-9(8)10(14)13-7-2-1-6(5-7)11(15)16/h3-4,6-7H,1-2,5H2,(H,13,14)(H,15,16)/t6-,7+/m0/s1. The van der Waals surface area contributed by atoms with Crippen LogP contribution in [0.4, 0.5) is 0 Å². The predicted octanol–water partition coefficient (Wildman–Crippen LogP) is 2.49.